The van der Waals surface area contributed by atoms with Crippen LogP contribution in [0.5, 0.6) is 0 Å². The predicted octanol–water partition coefficient (Wildman–Crippen LogP) is 12.3. The molecule has 0 radical (unpaired) electrons. The second-order valence-electron chi connectivity index (χ2n) is 14.0. The summed E-state index contributed by atoms with van der Waals surface area (Å²) < 4.78 is 0. The largest absolute Gasteiger partial charge is 0.477 e. The Kier molecular flexibility index (Phi) is 11.5. The zero-order valence-electron chi connectivity index (χ0n) is 32.3. The van der Waals surface area contributed by atoms with Crippen LogP contribution in [0.15, 0.2) is 169 Å². The van der Waals surface area contributed by atoms with Gasteiger partial charge >= 0.3 is 5.97 Å². The Morgan fingerprint density at radius 3 is 1.47 bits per heavy atom. The quantitative estimate of drug-likeness (QED) is 0.0759. The second-order valence-corrected chi connectivity index (χ2v) is 15.1. The summed E-state index contributed by atoms with van der Waals surface area (Å²) in [5, 5.41) is 18.4. The number of carboxylic acids is 1. The van der Waals surface area contributed by atoms with Gasteiger partial charge in [0.2, 0.25) is 0 Å². The maximum absolute atomic E-state index is 11.3. The van der Waals surface area contributed by atoms with E-state index in [1.165, 1.54) is 23.0 Å². The topological polar surface area (TPSA) is 70.8 Å². The summed E-state index contributed by atoms with van der Waals surface area (Å²) in [4.78, 5) is 19.5. The summed E-state index contributed by atoms with van der Waals surface area (Å²) in [5.74, 6) is -1.23. The molecule has 1 heterocycles. The molecule has 0 saturated heterocycles. The average Bonchev–Trinajstić information content (AvgIpc) is 3.72. The van der Waals surface area contributed by atoms with Crippen LogP contribution in [0.1, 0.15) is 21.6 Å². The van der Waals surface area contributed by atoms with E-state index < -0.39 is 5.97 Å². The minimum Gasteiger partial charge on any atom is -0.477 e. The number of aliphatic carboxylic acids is 1. The van der Waals surface area contributed by atoms with Crippen molar-refractivity contribution in [2.45, 2.75) is 0 Å². The minimum absolute atomic E-state index is 0.285. The summed E-state index contributed by atoms with van der Waals surface area (Å²) in [6.45, 7) is 0. The summed E-state index contributed by atoms with van der Waals surface area (Å²) in [5.41, 5.74) is 13.0. The Bertz CT molecular complexity index is 2510. The molecule has 6 aromatic carbocycles. The highest BCUT2D eigenvalue weighted by molar-refractivity contribution is 7.16. The number of carbonyl (C=O) groups is 1. The molecule has 0 spiro atoms. The zero-order valence-corrected chi connectivity index (χ0v) is 33.1. The molecule has 0 fully saturated rings. The van der Waals surface area contributed by atoms with Crippen molar-refractivity contribution >= 4 is 63.5 Å². The molecule has 0 amide bonds. The smallest absolute Gasteiger partial charge is 0.346 e. The third kappa shape index (κ3) is 8.89. The number of rotatable bonds is 12. The van der Waals surface area contributed by atoms with Crippen molar-refractivity contribution < 1.29 is 9.90 Å². The van der Waals surface area contributed by atoms with Crippen LogP contribution in [0.3, 0.4) is 0 Å². The molecule has 6 nitrogen and oxygen atoms in total. The van der Waals surface area contributed by atoms with Crippen molar-refractivity contribution in [1.29, 1.82) is 5.26 Å². The molecule has 0 saturated carbocycles. The summed E-state index contributed by atoms with van der Waals surface area (Å²) in [7, 11) is 8.24. The maximum Gasteiger partial charge on any atom is 0.346 e. The first-order valence-electron chi connectivity index (χ1n) is 18.5. The Hall–Kier alpha value is -7.14. The van der Waals surface area contributed by atoms with E-state index >= 15 is 0 Å². The van der Waals surface area contributed by atoms with Crippen LogP contribution in [-0.4, -0.2) is 39.3 Å². The molecule has 7 heteroatoms. The number of nitrogens with zero attached hydrogens (tertiary/aromatic N) is 4. The molecular formula is C50H42N4O2S. The Labute approximate surface area is 338 Å². The molecule has 0 unspecified atom stereocenters. The van der Waals surface area contributed by atoms with E-state index in [9.17, 15) is 9.90 Å². The van der Waals surface area contributed by atoms with Crippen LogP contribution in [0.2, 0.25) is 0 Å². The van der Waals surface area contributed by atoms with Crippen molar-refractivity contribution in [2.75, 3.05) is 42.9 Å². The number of para-hydroxylation sites is 1. The molecule has 57 heavy (non-hydrogen) atoms. The molecule has 280 valence electrons. The van der Waals surface area contributed by atoms with E-state index in [0.29, 0.717) is 4.88 Å². The van der Waals surface area contributed by atoms with Gasteiger partial charge in [-0.2, -0.15) is 5.26 Å². The van der Waals surface area contributed by atoms with Gasteiger partial charge in [-0.3, -0.25) is 0 Å². The standard InChI is InChI=1S/C50H42N4O2S/c1-52(2)42-22-16-38(17-23-42)48(39-18-24-43(25-19-39)53(3)4)32-35-10-12-36(13-11-35)37-14-26-45(27-15-37)54(44-8-6-5-7-9-44)46-28-20-40(21-29-46)49-31-30-47(57-49)33-41(34-51)50(55)56/h5-33H,1-4H3,(H,55,56)/b41-33-. The number of hydrogen-bond donors (Lipinski definition) is 1. The number of hydrogen-bond acceptors (Lipinski definition) is 6. The molecule has 0 bridgehead atoms. The van der Waals surface area contributed by atoms with Crippen molar-refractivity contribution in [1.82, 2.24) is 0 Å². The van der Waals surface area contributed by atoms with Crippen LogP contribution < -0.4 is 14.7 Å². The average molecular weight is 763 g/mol. The molecule has 0 aliphatic heterocycles. The van der Waals surface area contributed by atoms with Crippen molar-refractivity contribution in [2.24, 2.45) is 0 Å². The fourth-order valence-corrected chi connectivity index (χ4v) is 7.58. The van der Waals surface area contributed by atoms with Crippen molar-refractivity contribution in [3.05, 3.63) is 191 Å². The monoisotopic (exact) mass is 762 g/mol. The SMILES string of the molecule is CN(C)c1ccc(C(=Cc2ccc(-c3ccc(N(c4ccccc4)c4ccc(-c5ccc(/C=C(/C#N)C(=O)O)s5)cc4)cc3)cc2)c2ccc(N(C)C)cc2)cc1. The van der Waals surface area contributed by atoms with Gasteiger partial charge in [0, 0.05) is 66.4 Å². The van der Waals surface area contributed by atoms with Gasteiger partial charge in [-0.15, -0.1) is 11.3 Å². The first-order valence-corrected chi connectivity index (χ1v) is 19.4. The number of nitriles is 1. The van der Waals surface area contributed by atoms with Crippen LogP contribution in [0.4, 0.5) is 28.4 Å². The first-order chi connectivity index (χ1) is 27.7. The van der Waals surface area contributed by atoms with Crippen LogP contribution in [0, 0.1) is 11.3 Å². The molecule has 0 aliphatic rings. The van der Waals surface area contributed by atoms with Gasteiger partial charge in [0.25, 0.3) is 0 Å². The Morgan fingerprint density at radius 1 is 0.544 bits per heavy atom. The van der Waals surface area contributed by atoms with Crippen LogP contribution in [-0.2, 0) is 4.79 Å². The van der Waals surface area contributed by atoms with E-state index in [-0.39, 0.29) is 5.57 Å². The highest BCUT2D eigenvalue weighted by atomic mass is 32.1. The predicted molar refractivity (Wildman–Crippen MR) is 240 cm³/mol. The lowest BCUT2D eigenvalue weighted by Gasteiger charge is -2.26. The van der Waals surface area contributed by atoms with Crippen molar-refractivity contribution in [3.63, 3.8) is 0 Å². The number of carboxylic acid groups (broad SMARTS) is 1. The highest BCUT2D eigenvalue weighted by Crippen LogP contribution is 2.38. The fraction of sp³-hybridized carbons (Fsp3) is 0.0800. The molecular weight excluding hydrogens is 721 g/mol. The van der Waals surface area contributed by atoms with E-state index in [1.54, 1.807) is 6.07 Å². The van der Waals surface area contributed by atoms with Gasteiger partial charge in [0.15, 0.2) is 0 Å². The van der Waals surface area contributed by atoms with E-state index in [2.05, 4.69) is 182 Å². The third-order valence-corrected chi connectivity index (χ3v) is 10.8. The van der Waals surface area contributed by atoms with Gasteiger partial charge < -0.3 is 19.8 Å². The number of thiophene rings is 1. The van der Waals surface area contributed by atoms with Gasteiger partial charge in [-0.05, 0) is 124 Å². The van der Waals surface area contributed by atoms with Gasteiger partial charge in [0.1, 0.15) is 11.6 Å². The van der Waals surface area contributed by atoms with Crippen molar-refractivity contribution in [3.8, 4) is 27.6 Å². The number of benzene rings is 6. The first kappa shape index (κ1) is 38.1. The summed E-state index contributed by atoms with van der Waals surface area (Å²) >= 11 is 1.45. The summed E-state index contributed by atoms with van der Waals surface area (Å²) in [6, 6.07) is 59.0. The van der Waals surface area contributed by atoms with E-state index in [0.717, 1.165) is 66.7 Å². The van der Waals surface area contributed by atoms with Gasteiger partial charge in [0.05, 0.1) is 0 Å². The Balaban J connectivity index is 1.14. The van der Waals surface area contributed by atoms with Gasteiger partial charge in [-0.25, -0.2) is 4.79 Å². The third-order valence-electron chi connectivity index (χ3n) is 9.76. The van der Waals surface area contributed by atoms with E-state index in [1.807, 2.05) is 30.3 Å². The van der Waals surface area contributed by atoms with Gasteiger partial charge in [-0.1, -0.05) is 91.0 Å². The molecule has 0 atom stereocenters. The van der Waals surface area contributed by atoms with Crippen LogP contribution in [0.25, 0.3) is 39.3 Å². The summed E-state index contributed by atoms with van der Waals surface area (Å²) in [6.07, 6.45) is 3.68. The normalized spacial score (nSPS) is 11.0. The second kappa shape index (κ2) is 17.1. The lowest BCUT2D eigenvalue weighted by molar-refractivity contribution is -0.132. The molecule has 0 aliphatic carbocycles. The fourth-order valence-electron chi connectivity index (χ4n) is 6.62. The lowest BCUT2D eigenvalue weighted by atomic mass is 9.94. The van der Waals surface area contributed by atoms with Crippen LogP contribution >= 0.6 is 11.3 Å². The lowest BCUT2D eigenvalue weighted by Crippen LogP contribution is -2.09. The zero-order chi connectivity index (χ0) is 39.9. The molecule has 7 aromatic rings. The molecule has 1 N–H and O–H groups in total. The van der Waals surface area contributed by atoms with E-state index in [4.69, 9.17) is 5.26 Å². The highest BCUT2D eigenvalue weighted by Gasteiger charge is 2.14. The minimum atomic E-state index is -1.23. The maximum atomic E-state index is 11.3. The molecule has 1 aromatic heterocycles. The Morgan fingerprint density at radius 2 is 1.00 bits per heavy atom. The molecule has 7 rings (SSSR count). The number of anilines is 5.